The molecule has 0 saturated heterocycles. The van der Waals surface area contributed by atoms with Crippen molar-refractivity contribution in [3.8, 4) is 0 Å². The Kier molecular flexibility index (Phi) is 4.07. The van der Waals surface area contributed by atoms with Crippen molar-refractivity contribution in [3.05, 3.63) is 35.2 Å². The molecule has 1 atom stereocenters. The van der Waals surface area contributed by atoms with Gasteiger partial charge in [-0.25, -0.2) is 4.98 Å². The first-order chi connectivity index (χ1) is 10.2. The van der Waals surface area contributed by atoms with Crippen molar-refractivity contribution in [1.82, 2.24) is 19.6 Å². The highest BCUT2D eigenvalue weighted by Gasteiger charge is 2.23. The molecule has 2 aromatic rings. The fourth-order valence-electron chi connectivity index (χ4n) is 3.05. The van der Waals surface area contributed by atoms with E-state index in [0.717, 1.165) is 44.2 Å². The molecule has 3 heterocycles. The summed E-state index contributed by atoms with van der Waals surface area (Å²) in [5.74, 6) is 1.37. The van der Waals surface area contributed by atoms with Crippen LogP contribution in [-0.2, 0) is 24.4 Å². The van der Waals surface area contributed by atoms with Crippen molar-refractivity contribution in [2.24, 2.45) is 5.92 Å². The zero-order valence-corrected chi connectivity index (χ0v) is 12.9. The molecule has 0 saturated carbocycles. The number of aryl methyl sites for hydroxylation is 2. The molecule has 114 valence electrons. The largest absolute Gasteiger partial charge is 0.384 e. The Morgan fingerprint density at radius 1 is 1.38 bits per heavy atom. The lowest BCUT2D eigenvalue weighted by Crippen LogP contribution is -2.30. The number of ether oxygens (including phenoxy) is 1. The Morgan fingerprint density at radius 2 is 2.24 bits per heavy atom. The molecule has 6 heteroatoms. The predicted octanol–water partition coefficient (Wildman–Crippen LogP) is 1.77. The van der Waals surface area contributed by atoms with E-state index < -0.39 is 0 Å². The lowest BCUT2D eigenvalue weighted by atomic mass is 10.1. The highest BCUT2D eigenvalue weighted by molar-refractivity contribution is 5.20. The van der Waals surface area contributed by atoms with Crippen LogP contribution in [0.1, 0.15) is 22.7 Å². The van der Waals surface area contributed by atoms with Gasteiger partial charge >= 0.3 is 0 Å². The van der Waals surface area contributed by atoms with Gasteiger partial charge in [-0.05, 0) is 13.8 Å². The first kappa shape index (κ1) is 14.3. The van der Waals surface area contributed by atoms with Crippen LogP contribution >= 0.6 is 0 Å². The highest BCUT2D eigenvalue weighted by Crippen LogP contribution is 2.21. The Hall–Kier alpha value is -1.66. The SMILES string of the molecule is COC[C@@H]1CN(Cc2c(C)noc2C)Cc2cncn2C1. The van der Waals surface area contributed by atoms with Crippen LogP contribution in [0.2, 0.25) is 0 Å². The Balaban J connectivity index is 1.81. The molecule has 6 nitrogen and oxygen atoms in total. The fraction of sp³-hybridized carbons (Fsp3) is 0.600. The number of imidazole rings is 1. The summed E-state index contributed by atoms with van der Waals surface area (Å²) < 4.78 is 12.9. The third kappa shape index (κ3) is 3.01. The second kappa shape index (κ2) is 5.99. The average Bonchev–Trinajstić information content (AvgIpc) is 2.96. The maximum absolute atomic E-state index is 5.37. The van der Waals surface area contributed by atoms with E-state index in [4.69, 9.17) is 9.26 Å². The first-order valence-electron chi connectivity index (χ1n) is 7.29. The lowest BCUT2D eigenvalue weighted by Gasteiger charge is -2.23. The van der Waals surface area contributed by atoms with E-state index in [1.165, 1.54) is 11.3 Å². The van der Waals surface area contributed by atoms with Gasteiger partial charge in [0.2, 0.25) is 0 Å². The first-order valence-corrected chi connectivity index (χ1v) is 7.29. The van der Waals surface area contributed by atoms with Gasteiger partial charge in [-0.1, -0.05) is 5.16 Å². The van der Waals surface area contributed by atoms with Gasteiger partial charge in [0.25, 0.3) is 0 Å². The Labute approximate surface area is 124 Å². The molecular weight excluding hydrogens is 268 g/mol. The molecule has 0 aliphatic carbocycles. The molecule has 1 aliphatic rings. The second-order valence-electron chi connectivity index (χ2n) is 5.83. The van der Waals surface area contributed by atoms with Crippen LogP contribution in [0.4, 0.5) is 0 Å². The summed E-state index contributed by atoms with van der Waals surface area (Å²) in [7, 11) is 1.76. The van der Waals surface area contributed by atoms with E-state index in [2.05, 4.69) is 19.6 Å². The lowest BCUT2D eigenvalue weighted by molar-refractivity contribution is 0.115. The maximum atomic E-state index is 5.37. The van der Waals surface area contributed by atoms with Gasteiger partial charge in [0, 0.05) is 51.0 Å². The molecule has 0 aromatic carbocycles. The topological polar surface area (TPSA) is 56.3 Å². The van der Waals surface area contributed by atoms with Crippen LogP contribution in [0.3, 0.4) is 0 Å². The number of nitrogens with zero attached hydrogens (tertiary/aromatic N) is 4. The molecule has 0 fully saturated rings. The van der Waals surface area contributed by atoms with E-state index in [-0.39, 0.29) is 0 Å². The highest BCUT2D eigenvalue weighted by atomic mass is 16.5. The molecule has 1 aliphatic heterocycles. The summed E-state index contributed by atoms with van der Waals surface area (Å²) in [6.07, 6.45) is 3.87. The van der Waals surface area contributed by atoms with Crippen molar-refractivity contribution in [3.63, 3.8) is 0 Å². The quantitative estimate of drug-likeness (QED) is 0.859. The number of hydrogen-bond donors (Lipinski definition) is 0. The smallest absolute Gasteiger partial charge is 0.138 e. The van der Waals surface area contributed by atoms with Gasteiger partial charge in [-0.15, -0.1) is 0 Å². The number of aromatic nitrogens is 3. The molecule has 21 heavy (non-hydrogen) atoms. The molecule has 0 bridgehead atoms. The predicted molar refractivity (Wildman–Crippen MR) is 77.7 cm³/mol. The summed E-state index contributed by atoms with van der Waals surface area (Å²) >= 11 is 0. The van der Waals surface area contributed by atoms with Crippen LogP contribution < -0.4 is 0 Å². The van der Waals surface area contributed by atoms with Gasteiger partial charge in [-0.3, -0.25) is 4.90 Å². The minimum Gasteiger partial charge on any atom is -0.384 e. The van der Waals surface area contributed by atoms with Gasteiger partial charge in [0.05, 0.1) is 24.3 Å². The molecule has 0 radical (unpaired) electrons. The van der Waals surface area contributed by atoms with Crippen LogP contribution in [-0.4, -0.2) is 39.9 Å². The van der Waals surface area contributed by atoms with Crippen LogP contribution in [0.15, 0.2) is 17.0 Å². The molecule has 0 spiro atoms. The van der Waals surface area contributed by atoms with Crippen molar-refractivity contribution in [2.45, 2.75) is 33.5 Å². The van der Waals surface area contributed by atoms with Crippen molar-refractivity contribution < 1.29 is 9.26 Å². The zero-order valence-electron chi connectivity index (χ0n) is 12.9. The van der Waals surface area contributed by atoms with Crippen LogP contribution in [0, 0.1) is 19.8 Å². The molecule has 3 rings (SSSR count). The van der Waals surface area contributed by atoms with Gasteiger partial charge in [0.1, 0.15) is 5.76 Å². The summed E-state index contributed by atoms with van der Waals surface area (Å²) in [6.45, 7) is 8.44. The van der Waals surface area contributed by atoms with Gasteiger partial charge in [-0.2, -0.15) is 0 Å². The van der Waals surface area contributed by atoms with Crippen LogP contribution in [0.25, 0.3) is 0 Å². The van der Waals surface area contributed by atoms with E-state index in [1.807, 2.05) is 26.4 Å². The summed E-state index contributed by atoms with van der Waals surface area (Å²) in [5, 5.41) is 4.05. The van der Waals surface area contributed by atoms with E-state index in [9.17, 15) is 0 Å². The Bertz CT molecular complexity index is 585. The van der Waals surface area contributed by atoms with Crippen molar-refractivity contribution in [2.75, 3.05) is 20.3 Å². The fourth-order valence-corrected chi connectivity index (χ4v) is 3.05. The summed E-state index contributed by atoms with van der Waals surface area (Å²) in [6, 6.07) is 0. The normalized spacial score (nSPS) is 19.5. The molecule has 0 N–H and O–H groups in total. The third-order valence-corrected chi connectivity index (χ3v) is 4.12. The summed E-state index contributed by atoms with van der Waals surface area (Å²) in [4.78, 5) is 6.70. The molecule has 0 unspecified atom stereocenters. The van der Waals surface area contributed by atoms with Crippen LogP contribution in [0.5, 0.6) is 0 Å². The van der Waals surface area contributed by atoms with E-state index >= 15 is 0 Å². The third-order valence-electron chi connectivity index (χ3n) is 4.12. The molecule has 2 aromatic heterocycles. The second-order valence-corrected chi connectivity index (χ2v) is 5.83. The zero-order chi connectivity index (χ0) is 14.8. The molecule has 0 amide bonds. The number of rotatable bonds is 4. The van der Waals surface area contributed by atoms with Gasteiger partial charge < -0.3 is 13.8 Å². The average molecular weight is 290 g/mol. The molecular formula is C15H22N4O2. The van der Waals surface area contributed by atoms with E-state index in [0.29, 0.717) is 5.92 Å². The maximum Gasteiger partial charge on any atom is 0.138 e. The minimum absolute atomic E-state index is 0.464. The summed E-state index contributed by atoms with van der Waals surface area (Å²) in [5.41, 5.74) is 3.42. The monoisotopic (exact) mass is 290 g/mol. The number of hydrogen-bond acceptors (Lipinski definition) is 5. The van der Waals surface area contributed by atoms with E-state index in [1.54, 1.807) is 7.11 Å². The van der Waals surface area contributed by atoms with Crippen molar-refractivity contribution in [1.29, 1.82) is 0 Å². The standard InChI is InChI=1S/C15H22N4O2/c1-11-15(12(2)21-17-11)8-18-5-13(9-20-3)6-19-10-16-4-14(19)7-18/h4,10,13H,5-9H2,1-3H3/t13-/m1/s1. The van der Waals surface area contributed by atoms with Gasteiger partial charge in [0.15, 0.2) is 0 Å². The van der Waals surface area contributed by atoms with Crippen molar-refractivity contribution >= 4 is 0 Å². The number of methoxy groups -OCH3 is 1. The number of fused-ring (bicyclic) bond motifs is 1. The minimum atomic E-state index is 0.464. The Morgan fingerprint density at radius 3 is 2.95 bits per heavy atom.